The fourth-order valence-electron chi connectivity index (χ4n) is 1.48. The Morgan fingerprint density at radius 2 is 2.00 bits per heavy atom. The molecule has 100 valence electrons. The summed E-state index contributed by atoms with van der Waals surface area (Å²) in [5, 5.41) is 11.9. The van der Waals surface area contributed by atoms with Crippen LogP contribution in [0.15, 0.2) is 28.8 Å². The molecule has 0 bridgehead atoms. The number of carboxylic acids is 1. The lowest BCUT2D eigenvalue weighted by Gasteiger charge is -2.11. The molecule has 0 atom stereocenters. The fourth-order valence-corrected chi connectivity index (χ4v) is 1.65. The van der Waals surface area contributed by atoms with Gasteiger partial charge in [-0.25, -0.2) is 4.79 Å². The van der Waals surface area contributed by atoms with Crippen molar-refractivity contribution in [2.45, 2.75) is 6.18 Å². The number of benzene rings is 1. The van der Waals surface area contributed by atoms with E-state index in [1.54, 1.807) is 0 Å². The van der Waals surface area contributed by atoms with Gasteiger partial charge in [-0.3, -0.25) is 0 Å². The lowest BCUT2D eigenvalue weighted by Crippen LogP contribution is -2.07. The summed E-state index contributed by atoms with van der Waals surface area (Å²) >= 11 is 5.53. The van der Waals surface area contributed by atoms with E-state index in [2.05, 4.69) is 9.68 Å². The van der Waals surface area contributed by atoms with Crippen molar-refractivity contribution in [1.82, 2.24) is 5.16 Å². The Balaban J connectivity index is 2.58. The molecular weight excluding hydrogens is 287 g/mol. The molecule has 1 aromatic heterocycles. The van der Waals surface area contributed by atoms with E-state index in [0.29, 0.717) is 0 Å². The van der Waals surface area contributed by atoms with Crippen molar-refractivity contribution in [2.75, 3.05) is 0 Å². The van der Waals surface area contributed by atoms with Gasteiger partial charge in [0.05, 0.1) is 5.56 Å². The number of aromatic carboxylic acids is 1. The van der Waals surface area contributed by atoms with Crippen molar-refractivity contribution >= 4 is 17.6 Å². The Bertz CT molecular complexity index is 636. The Kier molecular flexibility index (Phi) is 3.23. The molecule has 0 amide bonds. The Morgan fingerprint density at radius 1 is 1.32 bits per heavy atom. The minimum atomic E-state index is -4.64. The SMILES string of the molecule is O=C(O)c1cc(-c2ccc(Cl)cc2C(F)(F)F)no1. The van der Waals surface area contributed by atoms with Crippen LogP contribution in [0.25, 0.3) is 11.3 Å². The largest absolute Gasteiger partial charge is 0.475 e. The molecule has 1 heterocycles. The van der Waals surface area contributed by atoms with Gasteiger partial charge in [0.25, 0.3) is 0 Å². The van der Waals surface area contributed by atoms with Crippen molar-refractivity contribution in [3.63, 3.8) is 0 Å². The summed E-state index contributed by atoms with van der Waals surface area (Å²) in [6, 6.07) is 4.02. The lowest BCUT2D eigenvalue weighted by molar-refractivity contribution is -0.137. The number of carbonyl (C=O) groups is 1. The number of hydrogen-bond acceptors (Lipinski definition) is 3. The third-order valence-electron chi connectivity index (χ3n) is 2.28. The number of aromatic nitrogens is 1. The van der Waals surface area contributed by atoms with Crippen LogP contribution >= 0.6 is 11.6 Å². The molecule has 0 aliphatic rings. The van der Waals surface area contributed by atoms with Crippen molar-refractivity contribution < 1.29 is 27.6 Å². The maximum absolute atomic E-state index is 12.8. The van der Waals surface area contributed by atoms with Crippen LogP contribution in [-0.4, -0.2) is 16.2 Å². The van der Waals surface area contributed by atoms with Gasteiger partial charge < -0.3 is 9.63 Å². The molecular formula is C11H5ClF3NO3. The summed E-state index contributed by atoms with van der Waals surface area (Å²) in [5.74, 6) is -1.96. The first kappa shape index (κ1) is 13.4. The second-order valence-corrected chi connectivity index (χ2v) is 4.01. The topological polar surface area (TPSA) is 63.3 Å². The fraction of sp³-hybridized carbons (Fsp3) is 0.0909. The van der Waals surface area contributed by atoms with Crippen LogP contribution in [0.1, 0.15) is 16.1 Å². The number of carboxylic acid groups (broad SMARTS) is 1. The molecule has 19 heavy (non-hydrogen) atoms. The molecule has 4 nitrogen and oxygen atoms in total. The molecule has 1 aromatic carbocycles. The monoisotopic (exact) mass is 291 g/mol. The lowest BCUT2D eigenvalue weighted by atomic mass is 10.0. The van der Waals surface area contributed by atoms with E-state index >= 15 is 0 Å². The number of halogens is 4. The average molecular weight is 292 g/mol. The third-order valence-corrected chi connectivity index (χ3v) is 2.52. The van der Waals surface area contributed by atoms with Gasteiger partial charge in [-0.05, 0) is 12.1 Å². The molecule has 0 aliphatic heterocycles. The van der Waals surface area contributed by atoms with Gasteiger partial charge in [0, 0.05) is 16.7 Å². The van der Waals surface area contributed by atoms with E-state index in [4.69, 9.17) is 16.7 Å². The van der Waals surface area contributed by atoms with Gasteiger partial charge in [-0.1, -0.05) is 22.8 Å². The second-order valence-electron chi connectivity index (χ2n) is 3.57. The van der Waals surface area contributed by atoms with E-state index in [-0.39, 0.29) is 16.3 Å². The van der Waals surface area contributed by atoms with Crippen molar-refractivity contribution in [3.8, 4) is 11.3 Å². The van der Waals surface area contributed by atoms with Gasteiger partial charge in [-0.2, -0.15) is 13.2 Å². The normalized spacial score (nSPS) is 11.6. The van der Waals surface area contributed by atoms with E-state index in [1.807, 2.05) is 0 Å². The molecule has 8 heteroatoms. The summed E-state index contributed by atoms with van der Waals surface area (Å²) in [4.78, 5) is 10.6. The van der Waals surface area contributed by atoms with E-state index in [9.17, 15) is 18.0 Å². The molecule has 2 rings (SSSR count). The Hall–Kier alpha value is -2.02. The zero-order valence-electron chi connectivity index (χ0n) is 9.03. The number of nitrogens with zero attached hydrogens (tertiary/aromatic N) is 1. The first-order valence-electron chi connectivity index (χ1n) is 4.86. The van der Waals surface area contributed by atoms with Gasteiger partial charge in [0.15, 0.2) is 0 Å². The van der Waals surface area contributed by atoms with Crippen LogP contribution in [0.5, 0.6) is 0 Å². The number of alkyl halides is 3. The highest BCUT2D eigenvalue weighted by molar-refractivity contribution is 6.30. The van der Waals surface area contributed by atoms with Crippen LogP contribution < -0.4 is 0 Å². The van der Waals surface area contributed by atoms with Gasteiger partial charge in [-0.15, -0.1) is 0 Å². The molecule has 1 N–H and O–H groups in total. The maximum atomic E-state index is 12.8. The van der Waals surface area contributed by atoms with Gasteiger partial charge in [0.2, 0.25) is 5.76 Å². The van der Waals surface area contributed by atoms with Crippen LogP contribution in [0, 0.1) is 0 Å². The summed E-state index contributed by atoms with van der Waals surface area (Å²) < 4.78 is 43.0. The van der Waals surface area contributed by atoms with Crippen LogP contribution in [-0.2, 0) is 6.18 Å². The highest BCUT2D eigenvalue weighted by Crippen LogP contribution is 2.38. The molecule has 0 spiro atoms. The molecule has 0 fully saturated rings. The average Bonchev–Trinajstić information content (AvgIpc) is 2.77. The van der Waals surface area contributed by atoms with Crippen molar-refractivity contribution in [2.24, 2.45) is 0 Å². The minimum Gasteiger partial charge on any atom is -0.475 e. The Labute approximate surface area is 109 Å². The molecule has 0 unspecified atom stereocenters. The molecule has 2 aromatic rings. The minimum absolute atomic E-state index is 0.0852. The summed E-state index contributed by atoms with van der Waals surface area (Å²) in [7, 11) is 0. The zero-order chi connectivity index (χ0) is 14.2. The predicted octanol–water partition coefficient (Wildman–Crippen LogP) is 3.71. The maximum Gasteiger partial charge on any atom is 0.417 e. The van der Waals surface area contributed by atoms with Crippen molar-refractivity contribution in [1.29, 1.82) is 0 Å². The standard InChI is InChI=1S/C11H5ClF3NO3/c12-5-1-2-6(7(3-5)11(13,14)15)8-4-9(10(17)18)19-16-8/h1-4H,(H,17,18). The van der Waals surface area contributed by atoms with E-state index in [0.717, 1.165) is 18.2 Å². The van der Waals surface area contributed by atoms with E-state index < -0.39 is 23.5 Å². The molecule has 0 saturated carbocycles. The third kappa shape index (κ3) is 2.70. The Morgan fingerprint density at radius 3 is 2.53 bits per heavy atom. The highest BCUT2D eigenvalue weighted by atomic mass is 35.5. The van der Waals surface area contributed by atoms with Crippen molar-refractivity contribution in [3.05, 3.63) is 40.6 Å². The van der Waals surface area contributed by atoms with Gasteiger partial charge in [0.1, 0.15) is 5.69 Å². The first-order valence-corrected chi connectivity index (χ1v) is 5.24. The second kappa shape index (κ2) is 4.58. The predicted molar refractivity (Wildman–Crippen MR) is 58.9 cm³/mol. The molecule has 0 saturated heterocycles. The van der Waals surface area contributed by atoms with Crippen LogP contribution in [0.2, 0.25) is 5.02 Å². The highest BCUT2D eigenvalue weighted by Gasteiger charge is 2.34. The smallest absolute Gasteiger partial charge is 0.417 e. The van der Waals surface area contributed by atoms with E-state index in [1.165, 1.54) is 6.07 Å². The van der Waals surface area contributed by atoms with Crippen LogP contribution in [0.3, 0.4) is 0 Å². The summed E-state index contributed by atoms with van der Waals surface area (Å²) in [6.07, 6.45) is -4.64. The zero-order valence-corrected chi connectivity index (χ0v) is 9.79. The summed E-state index contributed by atoms with van der Waals surface area (Å²) in [6.45, 7) is 0. The first-order chi connectivity index (χ1) is 8.79. The van der Waals surface area contributed by atoms with Crippen LogP contribution in [0.4, 0.5) is 13.2 Å². The quantitative estimate of drug-likeness (QED) is 0.916. The number of hydrogen-bond donors (Lipinski definition) is 1. The van der Waals surface area contributed by atoms with Gasteiger partial charge >= 0.3 is 12.1 Å². The number of rotatable bonds is 2. The molecule has 0 aliphatic carbocycles. The molecule has 0 radical (unpaired) electrons. The summed E-state index contributed by atoms with van der Waals surface area (Å²) in [5.41, 5.74) is -1.53.